The molecule has 0 aromatic rings. The second-order valence-corrected chi connectivity index (χ2v) is 2.06. The maximum absolute atomic E-state index is 9.63. The van der Waals surface area contributed by atoms with Gasteiger partial charge in [0.05, 0.1) is 6.61 Å². The molecule has 0 aromatic heterocycles. The average molecular weight is 132 g/mol. The van der Waals surface area contributed by atoms with Gasteiger partial charge in [-0.05, 0) is 13.8 Å². The lowest BCUT2D eigenvalue weighted by Gasteiger charge is -1.85. The molecule has 0 amide bonds. The number of hydrogen-bond donors (Lipinski definition) is 0. The van der Waals surface area contributed by atoms with E-state index in [0.717, 1.165) is 0 Å². The normalized spacial score (nSPS) is 9.25. The largest absolute Gasteiger partial charge is 0.327 e. The third-order valence-electron chi connectivity index (χ3n) is 0.619. The van der Waals surface area contributed by atoms with Crippen LogP contribution >= 0.6 is 8.69 Å². The van der Waals surface area contributed by atoms with E-state index >= 15 is 0 Å². The topological polar surface area (TPSA) is 26.3 Å². The standard InChI is InChI=1S/C5H9O2P/c1-5(2)3-4-7-8-6/h3H,4H2,1-2H3. The summed E-state index contributed by atoms with van der Waals surface area (Å²) in [6.07, 6.45) is 1.87. The highest BCUT2D eigenvalue weighted by atomic mass is 31.1. The molecule has 0 aliphatic carbocycles. The lowest BCUT2D eigenvalue weighted by atomic mass is 10.3. The maximum atomic E-state index is 9.63. The molecule has 0 bridgehead atoms. The van der Waals surface area contributed by atoms with Crippen molar-refractivity contribution in [1.29, 1.82) is 0 Å². The summed E-state index contributed by atoms with van der Waals surface area (Å²) in [6, 6.07) is 0. The molecule has 0 saturated heterocycles. The van der Waals surface area contributed by atoms with E-state index in [0.29, 0.717) is 6.61 Å². The Labute approximate surface area is 50.8 Å². The van der Waals surface area contributed by atoms with Gasteiger partial charge in [0, 0.05) is 0 Å². The lowest BCUT2D eigenvalue weighted by molar-refractivity contribution is 0.386. The van der Waals surface area contributed by atoms with Crippen molar-refractivity contribution >= 4 is 8.69 Å². The predicted molar refractivity (Wildman–Crippen MR) is 33.0 cm³/mol. The van der Waals surface area contributed by atoms with Crippen molar-refractivity contribution in [3.63, 3.8) is 0 Å². The van der Waals surface area contributed by atoms with Gasteiger partial charge < -0.3 is 0 Å². The molecule has 0 saturated carbocycles. The number of rotatable bonds is 3. The van der Waals surface area contributed by atoms with E-state index in [1.165, 1.54) is 5.57 Å². The molecule has 0 aliphatic heterocycles. The zero-order chi connectivity index (χ0) is 6.41. The van der Waals surface area contributed by atoms with E-state index in [2.05, 4.69) is 4.52 Å². The summed E-state index contributed by atoms with van der Waals surface area (Å²) in [5, 5.41) is 0. The second kappa shape index (κ2) is 4.95. The van der Waals surface area contributed by atoms with Gasteiger partial charge in [0.2, 0.25) is 0 Å². The Balaban J connectivity index is 3.15. The molecule has 2 nitrogen and oxygen atoms in total. The van der Waals surface area contributed by atoms with Crippen LogP contribution in [-0.4, -0.2) is 6.61 Å². The highest BCUT2D eigenvalue weighted by molar-refractivity contribution is 7.17. The van der Waals surface area contributed by atoms with Crippen molar-refractivity contribution < 1.29 is 9.09 Å². The van der Waals surface area contributed by atoms with Crippen LogP contribution in [0.1, 0.15) is 13.8 Å². The van der Waals surface area contributed by atoms with E-state index in [1.807, 2.05) is 19.9 Å². The molecule has 0 radical (unpaired) electrons. The lowest BCUT2D eigenvalue weighted by Crippen LogP contribution is -1.75. The summed E-state index contributed by atoms with van der Waals surface area (Å²) in [6.45, 7) is 4.36. The van der Waals surface area contributed by atoms with Crippen molar-refractivity contribution in [3.8, 4) is 0 Å². The first-order valence-corrected chi connectivity index (χ1v) is 3.08. The fourth-order valence-corrected chi connectivity index (χ4v) is 0.370. The summed E-state index contributed by atoms with van der Waals surface area (Å²) >= 11 is 0. The Bertz CT molecular complexity index is 94.6. The van der Waals surface area contributed by atoms with Gasteiger partial charge in [0.1, 0.15) is 0 Å². The first kappa shape index (κ1) is 7.80. The summed E-state index contributed by atoms with van der Waals surface area (Å²) < 4.78 is 14.1. The molecule has 0 atom stereocenters. The minimum atomic E-state index is -0.244. The zero-order valence-electron chi connectivity index (χ0n) is 5.05. The molecule has 0 unspecified atom stereocenters. The summed E-state index contributed by atoms with van der Waals surface area (Å²) in [5.41, 5.74) is 1.17. The SMILES string of the molecule is CC(C)=CCOP=O. The summed E-state index contributed by atoms with van der Waals surface area (Å²) in [5.74, 6) is 0. The fourth-order valence-electron chi connectivity index (χ4n) is 0.234. The van der Waals surface area contributed by atoms with Crippen molar-refractivity contribution in [2.75, 3.05) is 6.61 Å². The van der Waals surface area contributed by atoms with Crippen LogP contribution in [0.4, 0.5) is 0 Å². The molecular weight excluding hydrogens is 123 g/mol. The van der Waals surface area contributed by atoms with Gasteiger partial charge >= 0.3 is 8.69 Å². The number of hydrogen-bond acceptors (Lipinski definition) is 2. The van der Waals surface area contributed by atoms with Crippen LogP contribution in [0.3, 0.4) is 0 Å². The Morgan fingerprint density at radius 2 is 2.38 bits per heavy atom. The molecule has 0 heterocycles. The van der Waals surface area contributed by atoms with Gasteiger partial charge in [0.15, 0.2) is 0 Å². The van der Waals surface area contributed by atoms with E-state index in [9.17, 15) is 4.57 Å². The van der Waals surface area contributed by atoms with E-state index in [4.69, 9.17) is 0 Å². The monoisotopic (exact) mass is 132 g/mol. The van der Waals surface area contributed by atoms with Crippen molar-refractivity contribution in [1.82, 2.24) is 0 Å². The molecule has 0 fully saturated rings. The summed E-state index contributed by atoms with van der Waals surface area (Å²) in [4.78, 5) is 0. The zero-order valence-corrected chi connectivity index (χ0v) is 5.94. The third kappa shape index (κ3) is 5.80. The Morgan fingerprint density at radius 1 is 1.75 bits per heavy atom. The van der Waals surface area contributed by atoms with Crippen molar-refractivity contribution in [2.24, 2.45) is 0 Å². The molecule has 8 heavy (non-hydrogen) atoms. The van der Waals surface area contributed by atoms with E-state index < -0.39 is 0 Å². The second-order valence-electron chi connectivity index (χ2n) is 1.65. The minimum absolute atomic E-state index is 0.244. The smallest absolute Gasteiger partial charge is 0.290 e. The minimum Gasteiger partial charge on any atom is -0.290 e. The highest BCUT2D eigenvalue weighted by Crippen LogP contribution is 1.95. The molecule has 46 valence electrons. The molecule has 0 spiro atoms. The van der Waals surface area contributed by atoms with Crippen LogP contribution in [0.25, 0.3) is 0 Å². The van der Waals surface area contributed by atoms with Crippen LogP contribution in [0.2, 0.25) is 0 Å². The molecule has 0 aliphatic rings. The fraction of sp³-hybridized carbons (Fsp3) is 0.600. The number of allylic oxidation sites excluding steroid dienone is 1. The Hall–Kier alpha value is -0.200. The highest BCUT2D eigenvalue weighted by Gasteiger charge is 1.77. The van der Waals surface area contributed by atoms with Crippen LogP contribution in [0.15, 0.2) is 11.6 Å². The van der Waals surface area contributed by atoms with Crippen LogP contribution in [0.5, 0.6) is 0 Å². The first-order valence-electron chi connectivity index (χ1n) is 2.35. The van der Waals surface area contributed by atoms with E-state index in [-0.39, 0.29) is 8.69 Å². The summed E-state index contributed by atoms with van der Waals surface area (Å²) in [7, 11) is -0.244. The molecular formula is C5H9O2P. The molecule has 0 N–H and O–H groups in total. The quantitative estimate of drug-likeness (QED) is 0.334. The Morgan fingerprint density at radius 3 is 2.75 bits per heavy atom. The van der Waals surface area contributed by atoms with Crippen molar-refractivity contribution in [2.45, 2.75) is 13.8 Å². The maximum Gasteiger partial charge on any atom is 0.327 e. The predicted octanol–water partition coefficient (Wildman–Crippen LogP) is 2.18. The van der Waals surface area contributed by atoms with Crippen LogP contribution < -0.4 is 0 Å². The van der Waals surface area contributed by atoms with Crippen molar-refractivity contribution in [3.05, 3.63) is 11.6 Å². The Kier molecular flexibility index (Phi) is 4.82. The van der Waals surface area contributed by atoms with Crippen LogP contribution in [0, 0.1) is 0 Å². The molecule has 3 heteroatoms. The van der Waals surface area contributed by atoms with Crippen LogP contribution in [-0.2, 0) is 9.09 Å². The first-order chi connectivity index (χ1) is 3.77. The third-order valence-corrected chi connectivity index (χ3v) is 0.873. The molecule has 0 aromatic carbocycles. The van der Waals surface area contributed by atoms with Gasteiger partial charge in [0.25, 0.3) is 0 Å². The van der Waals surface area contributed by atoms with Gasteiger partial charge in [-0.1, -0.05) is 11.6 Å². The van der Waals surface area contributed by atoms with Gasteiger partial charge in [-0.15, -0.1) is 0 Å². The van der Waals surface area contributed by atoms with Gasteiger partial charge in [-0.2, -0.15) is 0 Å². The molecule has 0 rings (SSSR count). The van der Waals surface area contributed by atoms with E-state index in [1.54, 1.807) is 0 Å². The van der Waals surface area contributed by atoms with Gasteiger partial charge in [-0.3, -0.25) is 4.52 Å². The average Bonchev–Trinajstić information content (AvgIpc) is 1.66. The van der Waals surface area contributed by atoms with Gasteiger partial charge in [-0.25, -0.2) is 4.57 Å².